The molecule has 2 atom stereocenters. The van der Waals surface area contributed by atoms with Crippen LogP contribution in [0.2, 0.25) is 0 Å². The first-order valence-electron chi connectivity index (χ1n) is 7.58. The summed E-state index contributed by atoms with van der Waals surface area (Å²) in [5.41, 5.74) is 1.13. The van der Waals surface area contributed by atoms with Crippen molar-refractivity contribution in [3.05, 3.63) is 21.9 Å². The first-order chi connectivity index (χ1) is 10.1. The van der Waals surface area contributed by atoms with E-state index in [0.717, 1.165) is 44.1 Å². The molecule has 0 aromatic carbocycles. The van der Waals surface area contributed by atoms with Crippen LogP contribution in [-0.2, 0) is 16.6 Å². The highest BCUT2D eigenvalue weighted by molar-refractivity contribution is 7.87. The Bertz CT molecular complexity index is 585. The topological polar surface area (TPSA) is 69.6 Å². The van der Waals surface area contributed by atoms with Crippen molar-refractivity contribution in [1.29, 1.82) is 0 Å². The maximum atomic E-state index is 12.7. The molecule has 1 aliphatic heterocycles. The number of piperidine rings is 1. The number of hydrogen-bond donors (Lipinski definition) is 2. The van der Waals surface area contributed by atoms with Crippen LogP contribution < -0.4 is 4.72 Å². The molecule has 2 unspecified atom stereocenters. The molecule has 0 saturated carbocycles. The van der Waals surface area contributed by atoms with Crippen molar-refractivity contribution in [2.24, 2.45) is 0 Å². The standard InChI is InChI=1S/C14H22N2O3S2/c17-10-11-4-1-2-8-16(11)21(18,19)15-13-5-3-6-14-12(13)7-9-20-14/h7,9,11,13,15,17H,1-6,8,10H2. The minimum absolute atomic E-state index is 0.102. The van der Waals surface area contributed by atoms with E-state index in [1.807, 2.05) is 11.4 Å². The van der Waals surface area contributed by atoms with Gasteiger partial charge in [-0.1, -0.05) is 6.42 Å². The fourth-order valence-electron chi connectivity index (χ4n) is 3.33. The van der Waals surface area contributed by atoms with Crippen LogP contribution in [0.25, 0.3) is 0 Å². The summed E-state index contributed by atoms with van der Waals surface area (Å²) in [5.74, 6) is 0. The lowest BCUT2D eigenvalue weighted by Crippen LogP contribution is -2.51. The molecule has 1 aliphatic carbocycles. The largest absolute Gasteiger partial charge is 0.395 e. The summed E-state index contributed by atoms with van der Waals surface area (Å²) >= 11 is 1.71. The van der Waals surface area contributed by atoms with Gasteiger partial charge in [-0.3, -0.25) is 0 Å². The Balaban J connectivity index is 1.78. The lowest BCUT2D eigenvalue weighted by molar-refractivity contribution is 0.153. The van der Waals surface area contributed by atoms with Crippen LogP contribution in [0.4, 0.5) is 0 Å². The lowest BCUT2D eigenvalue weighted by atomic mass is 9.95. The van der Waals surface area contributed by atoms with Gasteiger partial charge in [0.05, 0.1) is 6.61 Å². The van der Waals surface area contributed by atoms with E-state index in [1.165, 1.54) is 9.18 Å². The summed E-state index contributed by atoms with van der Waals surface area (Å²) < 4.78 is 29.6. The fraction of sp³-hybridized carbons (Fsp3) is 0.714. The molecule has 5 nitrogen and oxygen atoms in total. The molecule has 2 aliphatic rings. The van der Waals surface area contributed by atoms with Gasteiger partial charge in [-0.15, -0.1) is 11.3 Å². The van der Waals surface area contributed by atoms with E-state index in [0.29, 0.717) is 6.54 Å². The van der Waals surface area contributed by atoms with Gasteiger partial charge in [-0.25, -0.2) is 0 Å². The van der Waals surface area contributed by atoms with Crippen LogP contribution >= 0.6 is 11.3 Å². The Hall–Kier alpha value is -0.470. The van der Waals surface area contributed by atoms with Crippen molar-refractivity contribution in [1.82, 2.24) is 9.03 Å². The smallest absolute Gasteiger partial charge is 0.280 e. The van der Waals surface area contributed by atoms with Gasteiger partial charge in [0.1, 0.15) is 0 Å². The third kappa shape index (κ3) is 3.17. The Morgan fingerprint density at radius 1 is 1.33 bits per heavy atom. The van der Waals surface area contributed by atoms with E-state index in [9.17, 15) is 13.5 Å². The number of thiophene rings is 1. The second-order valence-corrected chi connectivity index (χ2v) is 8.47. The second kappa shape index (κ2) is 6.34. The van der Waals surface area contributed by atoms with Gasteiger partial charge in [-0.05, 0) is 49.1 Å². The summed E-state index contributed by atoms with van der Waals surface area (Å²) in [4.78, 5) is 1.30. The first kappa shape index (κ1) is 15.4. The van der Waals surface area contributed by atoms with Crippen LogP contribution in [0.15, 0.2) is 11.4 Å². The lowest BCUT2D eigenvalue weighted by Gasteiger charge is -2.35. The normalized spacial score (nSPS) is 27.5. The van der Waals surface area contributed by atoms with E-state index in [-0.39, 0.29) is 18.7 Å². The zero-order valence-electron chi connectivity index (χ0n) is 12.0. The fourth-order valence-corrected chi connectivity index (χ4v) is 5.99. The van der Waals surface area contributed by atoms with Crippen molar-refractivity contribution >= 4 is 21.5 Å². The molecule has 3 rings (SSSR count). The van der Waals surface area contributed by atoms with Gasteiger partial charge in [0.15, 0.2) is 0 Å². The average molecular weight is 330 g/mol. The molecule has 0 spiro atoms. The molecular weight excluding hydrogens is 308 g/mol. The molecule has 0 amide bonds. The van der Waals surface area contributed by atoms with E-state index >= 15 is 0 Å². The Morgan fingerprint density at radius 2 is 2.19 bits per heavy atom. The number of hydrogen-bond acceptors (Lipinski definition) is 4. The quantitative estimate of drug-likeness (QED) is 0.884. The summed E-state index contributed by atoms with van der Waals surface area (Å²) in [6.45, 7) is 0.402. The number of rotatable bonds is 4. The molecule has 118 valence electrons. The van der Waals surface area contributed by atoms with Gasteiger partial charge in [0.25, 0.3) is 10.2 Å². The predicted octanol–water partition coefficient (Wildman–Crippen LogP) is 1.81. The summed E-state index contributed by atoms with van der Waals surface area (Å²) in [7, 11) is -3.54. The zero-order valence-corrected chi connectivity index (χ0v) is 13.6. The van der Waals surface area contributed by atoms with Crippen LogP contribution in [0, 0.1) is 0 Å². The van der Waals surface area contributed by atoms with Gasteiger partial charge < -0.3 is 5.11 Å². The Kier molecular flexibility index (Phi) is 4.66. The Morgan fingerprint density at radius 3 is 3.00 bits per heavy atom. The number of aryl methyl sites for hydroxylation is 1. The van der Waals surface area contributed by atoms with Crippen molar-refractivity contribution in [2.45, 2.75) is 50.6 Å². The molecule has 1 saturated heterocycles. The SMILES string of the molecule is O=S(=O)(NC1CCCc2sccc21)N1CCCCC1CO. The predicted molar refractivity (Wildman–Crippen MR) is 83.5 cm³/mol. The van der Waals surface area contributed by atoms with Crippen LogP contribution in [0.3, 0.4) is 0 Å². The van der Waals surface area contributed by atoms with Crippen LogP contribution in [0.5, 0.6) is 0 Å². The van der Waals surface area contributed by atoms with Crippen molar-refractivity contribution in [2.75, 3.05) is 13.2 Å². The van der Waals surface area contributed by atoms with E-state index in [4.69, 9.17) is 0 Å². The highest BCUT2D eigenvalue weighted by Crippen LogP contribution is 2.34. The van der Waals surface area contributed by atoms with Gasteiger partial charge in [0.2, 0.25) is 0 Å². The molecule has 2 N–H and O–H groups in total. The number of aliphatic hydroxyl groups is 1. The second-order valence-electron chi connectivity index (χ2n) is 5.81. The van der Waals surface area contributed by atoms with E-state index < -0.39 is 10.2 Å². The number of nitrogens with zero attached hydrogens (tertiary/aromatic N) is 1. The van der Waals surface area contributed by atoms with Gasteiger partial charge >= 0.3 is 0 Å². The number of fused-ring (bicyclic) bond motifs is 1. The third-order valence-corrected chi connectivity index (χ3v) is 7.11. The van der Waals surface area contributed by atoms with Crippen LogP contribution in [0.1, 0.15) is 48.6 Å². The molecule has 21 heavy (non-hydrogen) atoms. The maximum Gasteiger partial charge on any atom is 0.280 e. The van der Waals surface area contributed by atoms with E-state index in [2.05, 4.69) is 4.72 Å². The zero-order chi connectivity index (χ0) is 14.9. The molecule has 0 radical (unpaired) electrons. The summed E-state index contributed by atoms with van der Waals surface area (Å²) in [5, 5.41) is 11.5. The molecule has 7 heteroatoms. The Labute approximate surface area is 130 Å². The highest BCUT2D eigenvalue weighted by Gasteiger charge is 2.34. The van der Waals surface area contributed by atoms with E-state index in [1.54, 1.807) is 11.3 Å². The molecule has 0 bridgehead atoms. The first-order valence-corrected chi connectivity index (χ1v) is 9.90. The highest BCUT2D eigenvalue weighted by atomic mass is 32.2. The molecule has 1 aromatic heterocycles. The van der Waals surface area contributed by atoms with Crippen molar-refractivity contribution in [3.63, 3.8) is 0 Å². The third-order valence-electron chi connectivity index (χ3n) is 4.44. The maximum absolute atomic E-state index is 12.7. The minimum Gasteiger partial charge on any atom is -0.395 e. The number of nitrogens with one attached hydrogen (secondary N) is 1. The summed E-state index contributed by atoms with van der Waals surface area (Å²) in [6, 6.07) is 1.64. The van der Waals surface area contributed by atoms with Crippen molar-refractivity contribution < 1.29 is 13.5 Å². The summed E-state index contributed by atoms with van der Waals surface area (Å²) in [6.07, 6.45) is 5.51. The van der Waals surface area contributed by atoms with Crippen LogP contribution in [-0.4, -0.2) is 37.0 Å². The average Bonchev–Trinajstić information content (AvgIpc) is 2.96. The van der Waals surface area contributed by atoms with Crippen molar-refractivity contribution in [3.8, 4) is 0 Å². The molecule has 2 heterocycles. The minimum atomic E-state index is -3.54. The molecule has 1 fully saturated rings. The monoisotopic (exact) mass is 330 g/mol. The van der Waals surface area contributed by atoms with Gasteiger partial charge in [0, 0.05) is 23.5 Å². The molecule has 1 aromatic rings. The molecular formula is C14H22N2O3S2. The van der Waals surface area contributed by atoms with Gasteiger partial charge in [-0.2, -0.15) is 17.4 Å². The number of aliphatic hydroxyl groups excluding tert-OH is 1.